The molecule has 1 radical (unpaired) electrons. The zero-order valence-electron chi connectivity index (χ0n) is 18.3. The topological polar surface area (TPSA) is 121 Å². The molecular formula is C18H28CoF6O6. The van der Waals surface area contributed by atoms with Gasteiger partial charge in [0.1, 0.15) is 0 Å². The summed E-state index contributed by atoms with van der Waals surface area (Å²) in [5.41, 5.74) is -1.91. The van der Waals surface area contributed by atoms with Gasteiger partial charge in [0.15, 0.2) is 11.6 Å². The quantitative estimate of drug-likeness (QED) is 0.331. The van der Waals surface area contributed by atoms with Crippen LogP contribution < -0.4 is 10.2 Å². The minimum Gasteiger partial charge on any atom is -0.869 e. The Balaban J connectivity index is -0.000000122. The molecule has 0 spiro atoms. The average Bonchev–Trinajstić information content (AvgIpc) is 2.55. The number of aliphatic hydroxyl groups excluding tert-OH is 2. The van der Waals surface area contributed by atoms with Crippen LogP contribution in [0.3, 0.4) is 0 Å². The molecule has 0 fully saturated rings. The van der Waals surface area contributed by atoms with Crippen LogP contribution in [-0.4, -0.2) is 48.4 Å². The van der Waals surface area contributed by atoms with E-state index in [2.05, 4.69) is 0 Å². The Hall–Kier alpha value is -1.57. The van der Waals surface area contributed by atoms with Gasteiger partial charge in [-0.15, -0.1) is 0 Å². The molecule has 2 N–H and O–H groups in total. The van der Waals surface area contributed by atoms with Crippen LogP contribution in [0.15, 0.2) is 23.7 Å². The van der Waals surface area contributed by atoms with Crippen LogP contribution in [0, 0.1) is 10.8 Å². The Morgan fingerprint density at radius 2 is 0.774 bits per heavy atom. The van der Waals surface area contributed by atoms with Crippen molar-refractivity contribution >= 4 is 11.6 Å². The first-order valence-corrected chi connectivity index (χ1v) is 8.00. The van der Waals surface area contributed by atoms with Gasteiger partial charge in [0.25, 0.3) is 0 Å². The van der Waals surface area contributed by atoms with Gasteiger partial charge in [-0.25, -0.2) is 0 Å². The Kier molecular flexibility index (Phi) is 20.7. The molecule has 0 aliphatic rings. The fourth-order valence-corrected chi connectivity index (χ4v) is 0.835. The Morgan fingerprint density at radius 3 is 0.871 bits per heavy atom. The van der Waals surface area contributed by atoms with Crippen molar-refractivity contribution in [3.05, 3.63) is 23.7 Å². The van der Waals surface area contributed by atoms with Crippen molar-refractivity contribution in [2.24, 2.45) is 10.8 Å². The van der Waals surface area contributed by atoms with Crippen molar-refractivity contribution in [3.8, 4) is 0 Å². The van der Waals surface area contributed by atoms with Gasteiger partial charge in [-0.05, 0) is 23.7 Å². The number of carbonyl (C=O) groups is 2. The predicted molar refractivity (Wildman–Crippen MR) is 93.5 cm³/mol. The van der Waals surface area contributed by atoms with E-state index in [9.17, 15) is 46.1 Å². The zero-order chi connectivity index (χ0) is 25.7. The summed E-state index contributed by atoms with van der Waals surface area (Å²) in [6.07, 6.45) is -9.72. The number of rotatable bonds is 2. The van der Waals surface area contributed by atoms with Gasteiger partial charge in [-0.2, -0.15) is 26.3 Å². The number of allylic oxidation sites excluding steroid dienone is 4. The minimum atomic E-state index is -4.96. The summed E-state index contributed by atoms with van der Waals surface area (Å²) in [7, 11) is 2.00. The maximum atomic E-state index is 11.7. The molecule has 0 amide bonds. The molecule has 0 bridgehead atoms. The number of aliphatic hydroxyl groups is 2. The number of hydrogen-bond donors (Lipinski definition) is 2. The molecule has 0 aliphatic heterocycles. The van der Waals surface area contributed by atoms with E-state index in [1.165, 1.54) is 41.5 Å². The SMILES string of the molecule is CC(C)(C)C(=O)/C=C(\[O-])C(F)(F)F.CC(C)(C)C(=O)/C=C(\[O-])C(F)(F)F.CO.CO.[Co+2]. The summed E-state index contributed by atoms with van der Waals surface area (Å²) in [6, 6.07) is 0. The number of ketones is 2. The summed E-state index contributed by atoms with van der Waals surface area (Å²) >= 11 is 0. The van der Waals surface area contributed by atoms with Gasteiger partial charge < -0.3 is 20.4 Å². The van der Waals surface area contributed by atoms with Crippen LogP contribution in [-0.2, 0) is 26.4 Å². The first kappa shape index (κ1) is 39.9. The Morgan fingerprint density at radius 1 is 0.613 bits per heavy atom. The largest absolute Gasteiger partial charge is 2.00 e. The average molecular weight is 513 g/mol. The second-order valence-electron chi connectivity index (χ2n) is 7.24. The predicted octanol–water partition coefficient (Wildman–Crippen LogP) is 2.03. The number of alkyl halides is 6. The van der Waals surface area contributed by atoms with Crippen LogP contribution in [0.1, 0.15) is 41.5 Å². The Labute approximate surface area is 187 Å². The van der Waals surface area contributed by atoms with E-state index < -0.39 is 46.3 Å². The molecule has 31 heavy (non-hydrogen) atoms. The molecular weight excluding hydrogens is 485 g/mol. The van der Waals surface area contributed by atoms with Crippen LogP contribution in [0.2, 0.25) is 0 Å². The van der Waals surface area contributed by atoms with Gasteiger partial charge in [-0.3, -0.25) is 9.59 Å². The van der Waals surface area contributed by atoms with E-state index in [0.29, 0.717) is 0 Å². The smallest absolute Gasteiger partial charge is 0.869 e. The maximum absolute atomic E-state index is 11.7. The van der Waals surface area contributed by atoms with Crippen molar-refractivity contribution in [3.63, 3.8) is 0 Å². The van der Waals surface area contributed by atoms with Crippen molar-refractivity contribution in [1.82, 2.24) is 0 Å². The number of halogens is 6. The van der Waals surface area contributed by atoms with Crippen LogP contribution in [0.25, 0.3) is 0 Å². The molecule has 0 aromatic heterocycles. The molecule has 0 saturated heterocycles. The molecule has 13 heteroatoms. The van der Waals surface area contributed by atoms with Crippen LogP contribution >= 0.6 is 0 Å². The molecule has 0 aromatic rings. The van der Waals surface area contributed by atoms with Crippen molar-refractivity contribution in [2.75, 3.05) is 14.2 Å². The number of carbonyl (C=O) groups excluding carboxylic acids is 2. The van der Waals surface area contributed by atoms with Crippen LogP contribution in [0.4, 0.5) is 26.3 Å². The fourth-order valence-electron chi connectivity index (χ4n) is 0.835. The summed E-state index contributed by atoms with van der Waals surface area (Å²) < 4.78 is 70.0. The van der Waals surface area contributed by atoms with E-state index in [1.54, 1.807) is 0 Å². The summed E-state index contributed by atoms with van der Waals surface area (Å²) in [6.45, 7) is 8.64. The third-order valence-corrected chi connectivity index (χ3v) is 2.56. The first-order valence-electron chi connectivity index (χ1n) is 8.00. The third-order valence-electron chi connectivity index (χ3n) is 2.56. The second-order valence-corrected chi connectivity index (χ2v) is 7.24. The van der Waals surface area contributed by atoms with E-state index >= 15 is 0 Å². The molecule has 187 valence electrons. The normalized spacial score (nSPS) is 12.5. The minimum absolute atomic E-state index is 0. The number of hydrogen-bond acceptors (Lipinski definition) is 6. The molecule has 0 saturated carbocycles. The fraction of sp³-hybridized carbons (Fsp3) is 0.667. The molecule has 0 aliphatic carbocycles. The molecule has 0 aromatic carbocycles. The Bertz CT molecular complexity index is 530. The van der Waals surface area contributed by atoms with Gasteiger partial charge in [-0.1, -0.05) is 41.5 Å². The monoisotopic (exact) mass is 513 g/mol. The van der Waals surface area contributed by atoms with Gasteiger partial charge in [0, 0.05) is 25.0 Å². The van der Waals surface area contributed by atoms with Crippen molar-refractivity contribution in [2.45, 2.75) is 53.9 Å². The van der Waals surface area contributed by atoms with Crippen molar-refractivity contribution in [1.29, 1.82) is 0 Å². The standard InChI is InChI=1S/2C8H11F3O2.2CH4O.Co/c2*1-7(2,3)5(12)4-6(13)8(9,10)11;2*1-2;/h2*4,13H,1-3H3;2*2H,1H3;/q;;;;+2/p-2/b2*6-4-;;;. The van der Waals surface area contributed by atoms with Crippen LogP contribution in [0.5, 0.6) is 0 Å². The summed E-state index contributed by atoms with van der Waals surface area (Å²) in [4.78, 5) is 21.9. The second kappa shape index (κ2) is 16.1. The third kappa shape index (κ3) is 21.4. The molecule has 0 heterocycles. The summed E-state index contributed by atoms with van der Waals surface area (Å²) in [5, 5.41) is 34.6. The maximum Gasteiger partial charge on any atom is 2.00 e. The van der Waals surface area contributed by atoms with E-state index in [0.717, 1.165) is 14.2 Å². The molecule has 0 atom stereocenters. The summed E-state index contributed by atoms with van der Waals surface area (Å²) in [5.74, 6) is -5.86. The van der Waals surface area contributed by atoms with Gasteiger partial charge in [0.2, 0.25) is 0 Å². The molecule has 0 rings (SSSR count). The van der Waals surface area contributed by atoms with Crippen molar-refractivity contribution < 1.29 is 73.1 Å². The van der Waals surface area contributed by atoms with E-state index in [-0.39, 0.29) is 28.9 Å². The van der Waals surface area contributed by atoms with Gasteiger partial charge >= 0.3 is 29.1 Å². The van der Waals surface area contributed by atoms with Gasteiger partial charge in [0.05, 0.1) is 0 Å². The van der Waals surface area contributed by atoms with E-state index in [4.69, 9.17) is 10.2 Å². The molecule has 6 nitrogen and oxygen atoms in total. The molecule has 0 unspecified atom stereocenters. The van der Waals surface area contributed by atoms with E-state index in [1.807, 2.05) is 0 Å². The zero-order valence-corrected chi connectivity index (χ0v) is 19.3. The first-order chi connectivity index (χ1) is 13.1.